The molecule has 19 heavy (non-hydrogen) atoms. The number of aldehydes is 1. The van der Waals surface area contributed by atoms with Crippen LogP contribution in [-0.4, -0.2) is 25.0 Å². The molecule has 0 radical (unpaired) electrons. The third-order valence-electron chi connectivity index (χ3n) is 2.67. The summed E-state index contributed by atoms with van der Waals surface area (Å²) in [6.45, 7) is 0.508. The number of aromatic nitrogens is 1. The summed E-state index contributed by atoms with van der Waals surface area (Å²) in [5.74, 6) is 1.19. The zero-order valence-electron chi connectivity index (χ0n) is 10.7. The van der Waals surface area contributed by atoms with E-state index in [1.807, 2.05) is 18.2 Å². The van der Waals surface area contributed by atoms with Crippen LogP contribution in [0.25, 0.3) is 0 Å². The van der Waals surface area contributed by atoms with Gasteiger partial charge >= 0.3 is 0 Å². The first-order valence-electron chi connectivity index (χ1n) is 5.99. The van der Waals surface area contributed by atoms with Crippen molar-refractivity contribution in [2.45, 2.75) is 6.42 Å². The summed E-state index contributed by atoms with van der Waals surface area (Å²) < 4.78 is 10.8. The summed E-state index contributed by atoms with van der Waals surface area (Å²) in [5.41, 5.74) is 1.54. The van der Waals surface area contributed by atoms with Gasteiger partial charge in [-0.15, -0.1) is 0 Å². The van der Waals surface area contributed by atoms with E-state index in [0.717, 1.165) is 18.4 Å². The monoisotopic (exact) mass is 257 g/mol. The largest absolute Gasteiger partial charge is 0.493 e. The quantitative estimate of drug-likeness (QED) is 0.746. The van der Waals surface area contributed by atoms with Crippen molar-refractivity contribution in [3.05, 3.63) is 53.9 Å². The predicted octanol–water partition coefficient (Wildman–Crippen LogP) is 2.52. The molecule has 0 spiro atoms. The molecule has 0 aliphatic rings. The van der Waals surface area contributed by atoms with Gasteiger partial charge in [-0.3, -0.25) is 9.78 Å². The maximum atomic E-state index is 10.7. The molecule has 98 valence electrons. The van der Waals surface area contributed by atoms with E-state index in [-0.39, 0.29) is 0 Å². The summed E-state index contributed by atoms with van der Waals surface area (Å²) in [5, 5.41) is 0. The molecule has 0 unspecified atom stereocenters. The smallest absolute Gasteiger partial charge is 0.161 e. The van der Waals surface area contributed by atoms with Crippen molar-refractivity contribution in [1.29, 1.82) is 0 Å². The van der Waals surface area contributed by atoms with Crippen LogP contribution in [0.2, 0.25) is 0 Å². The maximum Gasteiger partial charge on any atom is 0.161 e. The number of ether oxygens (including phenoxy) is 2. The molecular formula is C15H15NO3. The normalized spacial score (nSPS) is 9.95. The highest BCUT2D eigenvalue weighted by molar-refractivity contribution is 5.76. The van der Waals surface area contributed by atoms with Crippen molar-refractivity contribution in [2.24, 2.45) is 0 Å². The van der Waals surface area contributed by atoms with Crippen LogP contribution in [0, 0.1) is 0 Å². The maximum absolute atomic E-state index is 10.7. The summed E-state index contributed by atoms with van der Waals surface area (Å²) >= 11 is 0. The molecule has 0 aliphatic heterocycles. The van der Waals surface area contributed by atoms with E-state index in [1.54, 1.807) is 31.5 Å². The molecule has 2 aromatic rings. The fourth-order valence-electron chi connectivity index (χ4n) is 1.69. The van der Waals surface area contributed by atoms with Gasteiger partial charge in [0.1, 0.15) is 6.29 Å². The lowest BCUT2D eigenvalue weighted by molar-refractivity contribution is 0.112. The van der Waals surface area contributed by atoms with E-state index < -0.39 is 0 Å². The van der Waals surface area contributed by atoms with Crippen LogP contribution in [0.15, 0.2) is 42.6 Å². The third kappa shape index (κ3) is 3.55. The van der Waals surface area contributed by atoms with E-state index in [2.05, 4.69) is 4.98 Å². The van der Waals surface area contributed by atoms with Crippen molar-refractivity contribution in [3.63, 3.8) is 0 Å². The molecule has 0 fully saturated rings. The average Bonchev–Trinajstić information content (AvgIpc) is 2.48. The first-order chi connectivity index (χ1) is 9.33. The minimum Gasteiger partial charge on any atom is -0.493 e. The minimum absolute atomic E-state index is 0.508. The lowest BCUT2D eigenvalue weighted by Crippen LogP contribution is -2.04. The molecule has 0 saturated heterocycles. The number of pyridine rings is 1. The third-order valence-corrected chi connectivity index (χ3v) is 2.67. The fraction of sp³-hybridized carbons (Fsp3) is 0.200. The Kier molecular flexibility index (Phi) is 4.50. The van der Waals surface area contributed by atoms with Crippen LogP contribution in [0.5, 0.6) is 11.5 Å². The molecule has 4 nitrogen and oxygen atoms in total. The molecule has 0 saturated carbocycles. The van der Waals surface area contributed by atoms with E-state index in [4.69, 9.17) is 9.47 Å². The Hall–Kier alpha value is -2.36. The second-order valence-corrected chi connectivity index (χ2v) is 3.95. The highest BCUT2D eigenvalue weighted by Gasteiger charge is 2.05. The van der Waals surface area contributed by atoms with Gasteiger partial charge in [0.2, 0.25) is 0 Å². The van der Waals surface area contributed by atoms with Gasteiger partial charge in [0, 0.05) is 23.9 Å². The highest BCUT2D eigenvalue weighted by Crippen LogP contribution is 2.27. The van der Waals surface area contributed by atoms with Gasteiger partial charge in [0.05, 0.1) is 13.7 Å². The number of nitrogens with zero attached hydrogens (tertiary/aromatic N) is 1. The summed E-state index contributed by atoms with van der Waals surface area (Å²) in [6.07, 6.45) is 3.26. The SMILES string of the molecule is COc1cc(C=O)ccc1OCCc1ccccn1. The highest BCUT2D eigenvalue weighted by atomic mass is 16.5. The number of hydrogen-bond acceptors (Lipinski definition) is 4. The Balaban J connectivity index is 1.97. The van der Waals surface area contributed by atoms with Crippen LogP contribution in [-0.2, 0) is 6.42 Å². The number of rotatable bonds is 6. The standard InChI is InChI=1S/C15H15NO3/c1-18-15-10-12(11-17)5-6-14(15)19-9-7-13-4-2-3-8-16-13/h2-6,8,10-11H,7,9H2,1H3. The van der Waals surface area contributed by atoms with Crippen molar-refractivity contribution < 1.29 is 14.3 Å². The lowest BCUT2D eigenvalue weighted by atomic mass is 10.2. The lowest BCUT2D eigenvalue weighted by Gasteiger charge is -2.10. The molecule has 0 atom stereocenters. The van der Waals surface area contributed by atoms with Gasteiger partial charge < -0.3 is 9.47 Å². The molecule has 1 aromatic heterocycles. The Morgan fingerprint density at radius 2 is 2.11 bits per heavy atom. The van der Waals surface area contributed by atoms with Crippen LogP contribution < -0.4 is 9.47 Å². The Morgan fingerprint density at radius 3 is 2.79 bits per heavy atom. The molecule has 0 bridgehead atoms. The van der Waals surface area contributed by atoms with Crippen molar-refractivity contribution >= 4 is 6.29 Å². The number of hydrogen-bond donors (Lipinski definition) is 0. The first kappa shape index (κ1) is 13.1. The molecule has 1 heterocycles. The Morgan fingerprint density at radius 1 is 1.21 bits per heavy atom. The Labute approximate surface area is 112 Å². The second-order valence-electron chi connectivity index (χ2n) is 3.95. The van der Waals surface area contributed by atoms with Crippen molar-refractivity contribution in [1.82, 2.24) is 4.98 Å². The van der Waals surface area contributed by atoms with Crippen LogP contribution in [0.1, 0.15) is 16.1 Å². The number of benzene rings is 1. The zero-order chi connectivity index (χ0) is 13.5. The minimum atomic E-state index is 0.508. The van der Waals surface area contributed by atoms with Crippen molar-refractivity contribution in [3.8, 4) is 11.5 Å². The average molecular weight is 257 g/mol. The first-order valence-corrected chi connectivity index (χ1v) is 5.99. The van der Waals surface area contributed by atoms with Gasteiger partial charge in [-0.05, 0) is 30.3 Å². The number of carbonyl (C=O) groups is 1. The molecule has 0 N–H and O–H groups in total. The molecule has 1 aromatic carbocycles. The van der Waals surface area contributed by atoms with E-state index >= 15 is 0 Å². The van der Waals surface area contributed by atoms with Gasteiger partial charge in [0.25, 0.3) is 0 Å². The van der Waals surface area contributed by atoms with Crippen LogP contribution >= 0.6 is 0 Å². The molecule has 2 rings (SSSR count). The van der Waals surface area contributed by atoms with Gasteiger partial charge in [0.15, 0.2) is 11.5 Å². The second kappa shape index (κ2) is 6.54. The number of carbonyl (C=O) groups excluding carboxylic acids is 1. The van der Waals surface area contributed by atoms with Gasteiger partial charge in [-0.25, -0.2) is 0 Å². The molecular weight excluding hydrogens is 242 g/mol. The van der Waals surface area contributed by atoms with E-state index in [1.165, 1.54) is 0 Å². The van der Waals surface area contributed by atoms with E-state index in [9.17, 15) is 4.79 Å². The summed E-state index contributed by atoms with van der Waals surface area (Å²) in [4.78, 5) is 14.9. The fourth-order valence-corrected chi connectivity index (χ4v) is 1.69. The molecule has 4 heteroatoms. The van der Waals surface area contributed by atoms with E-state index in [0.29, 0.717) is 23.7 Å². The topological polar surface area (TPSA) is 48.4 Å². The molecule has 0 amide bonds. The predicted molar refractivity (Wildman–Crippen MR) is 71.8 cm³/mol. The van der Waals surface area contributed by atoms with Crippen LogP contribution in [0.4, 0.5) is 0 Å². The Bertz CT molecular complexity index is 540. The van der Waals surface area contributed by atoms with Crippen LogP contribution in [0.3, 0.4) is 0 Å². The van der Waals surface area contributed by atoms with Crippen molar-refractivity contribution in [2.75, 3.05) is 13.7 Å². The summed E-state index contributed by atoms with van der Waals surface area (Å²) in [6, 6.07) is 10.9. The zero-order valence-corrected chi connectivity index (χ0v) is 10.7. The van der Waals surface area contributed by atoms with Gasteiger partial charge in [-0.2, -0.15) is 0 Å². The van der Waals surface area contributed by atoms with Gasteiger partial charge in [-0.1, -0.05) is 6.07 Å². The summed E-state index contributed by atoms with van der Waals surface area (Å²) in [7, 11) is 1.55. The number of methoxy groups -OCH3 is 1. The molecule has 0 aliphatic carbocycles.